The number of ether oxygens (including phenoxy) is 9. The van der Waals surface area contributed by atoms with Crippen molar-refractivity contribution in [1.29, 1.82) is 0 Å². The second-order valence-corrected chi connectivity index (χ2v) is 18.6. The topological polar surface area (TPSA) is 178 Å². The number of epoxide rings is 1. The Morgan fingerprint density at radius 2 is 1.53 bits per heavy atom. The van der Waals surface area contributed by atoms with Gasteiger partial charge in [-0.25, -0.2) is 4.79 Å². The van der Waals surface area contributed by atoms with Crippen LogP contribution in [0.15, 0.2) is 30.3 Å². The quantitative estimate of drug-likeness (QED) is 0.194. The summed E-state index contributed by atoms with van der Waals surface area (Å²) in [4.78, 5) is 40.3. The van der Waals surface area contributed by atoms with Crippen molar-refractivity contribution in [3.05, 3.63) is 35.9 Å². The first-order chi connectivity index (χ1) is 27.5. The van der Waals surface area contributed by atoms with Crippen LogP contribution >= 0.6 is 0 Å². The van der Waals surface area contributed by atoms with Crippen LogP contribution in [-0.4, -0.2) is 127 Å². The van der Waals surface area contributed by atoms with Crippen LogP contribution in [0.3, 0.4) is 0 Å². The summed E-state index contributed by atoms with van der Waals surface area (Å²) in [6.07, 6.45) is -3.22. The molecule has 3 aliphatic heterocycles. The fourth-order valence-electron chi connectivity index (χ4n) is 13.1. The third-order valence-electron chi connectivity index (χ3n) is 15.8. The van der Waals surface area contributed by atoms with Gasteiger partial charge in [-0.15, -0.1) is 0 Å². The lowest BCUT2D eigenvalue weighted by molar-refractivity contribution is -0.343. The Bertz CT molecular complexity index is 1710. The van der Waals surface area contributed by atoms with Crippen LogP contribution in [0.1, 0.15) is 103 Å². The zero-order chi connectivity index (χ0) is 41.5. The van der Waals surface area contributed by atoms with Gasteiger partial charge < -0.3 is 52.8 Å². The van der Waals surface area contributed by atoms with Gasteiger partial charge in [0.2, 0.25) is 0 Å². The lowest BCUT2D eigenvalue weighted by Crippen LogP contribution is -2.70. The minimum absolute atomic E-state index is 0.0215. The summed E-state index contributed by atoms with van der Waals surface area (Å²) in [5.74, 6) is -1.51. The van der Waals surface area contributed by atoms with Crippen molar-refractivity contribution in [3.63, 3.8) is 0 Å². The van der Waals surface area contributed by atoms with E-state index in [2.05, 4.69) is 6.92 Å². The zero-order valence-corrected chi connectivity index (χ0v) is 35.0. The van der Waals surface area contributed by atoms with Crippen molar-refractivity contribution in [2.24, 2.45) is 28.6 Å². The maximum absolute atomic E-state index is 14.0. The Hall–Kier alpha value is -2.53. The highest BCUT2D eigenvalue weighted by Crippen LogP contribution is 2.81. The molecule has 4 saturated carbocycles. The van der Waals surface area contributed by atoms with Crippen molar-refractivity contribution in [2.45, 2.75) is 178 Å². The van der Waals surface area contributed by atoms with Crippen LogP contribution in [0.2, 0.25) is 0 Å². The highest BCUT2D eigenvalue weighted by Gasteiger charge is 2.91. The number of methoxy groups -OCH3 is 2. The summed E-state index contributed by atoms with van der Waals surface area (Å²) in [5.41, 5.74) is -2.18. The van der Waals surface area contributed by atoms with Gasteiger partial charge in [-0.1, -0.05) is 32.0 Å². The van der Waals surface area contributed by atoms with Crippen molar-refractivity contribution in [3.8, 4) is 0 Å². The summed E-state index contributed by atoms with van der Waals surface area (Å²) in [7, 11) is 3.04. The molecular formula is C44H62O14. The van der Waals surface area contributed by atoms with E-state index in [4.69, 9.17) is 42.6 Å². The Labute approximate surface area is 340 Å². The van der Waals surface area contributed by atoms with Crippen LogP contribution in [-0.2, 0) is 52.2 Å². The van der Waals surface area contributed by atoms with Crippen molar-refractivity contribution < 1.29 is 67.2 Å². The number of esters is 2. The third-order valence-corrected chi connectivity index (χ3v) is 15.8. The standard InChI is InChI=1S/C44H62O14/c1-22(45)29-16-19-44-42(29,6)38(54-25(4)46)36(56-39(49)26-12-10-9-11-13-26)37-41(5)17-15-28(20-27(41)14-18-43(37,44)58-44)55-31-21-30(50-7)34(24(3)52-31)57-40-33(48)35(51-8)32(47)23(2)53-40/h9-13,23-24,27-38,40,47-48H,14-21H2,1-8H3/t23-,24-,27+,28+,29+,30-,31+,32-,33-,34-,35-,36+,37-,38-,40+,41+,42+,43+,44-/m1/s1. The molecule has 3 saturated heterocycles. The summed E-state index contributed by atoms with van der Waals surface area (Å²) >= 11 is 0. The molecule has 2 N–H and O–H groups in total. The van der Waals surface area contributed by atoms with Crippen LogP contribution in [0.5, 0.6) is 0 Å². The average Bonchev–Trinajstić information content (AvgIpc) is 3.74. The molecule has 7 fully saturated rings. The molecule has 8 rings (SSSR count). The van der Waals surface area contributed by atoms with Gasteiger partial charge in [-0.3, -0.25) is 9.59 Å². The molecule has 3 heterocycles. The monoisotopic (exact) mass is 814 g/mol. The normalized spacial score (nSPS) is 49.4. The predicted octanol–water partition coefficient (Wildman–Crippen LogP) is 4.29. The number of hydrogen-bond acceptors (Lipinski definition) is 14. The molecule has 19 atom stereocenters. The molecule has 14 nitrogen and oxygen atoms in total. The van der Waals surface area contributed by atoms with Gasteiger partial charge in [-0.05, 0) is 89.2 Å². The maximum atomic E-state index is 14.0. The lowest BCUT2D eigenvalue weighted by Gasteiger charge is -2.61. The van der Waals surface area contributed by atoms with E-state index in [0.29, 0.717) is 31.2 Å². The van der Waals surface area contributed by atoms with Gasteiger partial charge in [0.25, 0.3) is 0 Å². The molecule has 58 heavy (non-hydrogen) atoms. The summed E-state index contributed by atoms with van der Waals surface area (Å²) < 4.78 is 56.6. The molecule has 0 aromatic heterocycles. The van der Waals surface area contributed by atoms with Gasteiger partial charge >= 0.3 is 11.9 Å². The molecule has 4 aliphatic carbocycles. The number of aliphatic hydroxyl groups is 2. The molecule has 322 valence electrons. The Morgan fingerprint density at radius 3 is 2.21 bits per heavy atom. The minimum Gasteiger partial charge on any atom is -0.458 e. The second-order valence-electron chi connectivity index (χ2n) is 18.6. The Kier molecular flexibility index (Phi) is 11.2. The Morgan fingerprint density at radius 1 is 0.793 bits per heavy atom. The molecular weight excluding hydrogens is 752 g/mol. The molecule has 0 unspecified atom stereocenters. The number of hydrogen-bond donors (Lipinski definition) is 2. The fraction of sp³-hybridized carbons (Fsp3) is 0.795. The highest BCUT2D eigenvalue weighted by molar-refractivity contribution is 5.89. The molecule has 1 aromatic carbocycles. The molecule has 14 heteroatoms. The number of aliphatic hydroxyl groups excluding tert-OH is 2. The molecule has 0 bridgehead atoms. The molecule has 0 amide bonds. The van der Waals surface area contributed by atoms with Gasteiger partial charge in [0, 0.05) is 44.8 Å². The van der Waals surface area contributed by atoms with Crippen LogP contribution in [0.4, 0.5) is 0 Å². The second kappa shape index (κ2) is 15.4. The van der Waals surface area contributed by atoms with Gasteiger partial charge in [0.1, 0.15) is 53.6 Å². The van der Waals surface area contributed by atoms with Crippen LogP contribution < -0.4 is 0 Å². The van der Waals surface area contributed by atoms with Crippen LogP contribution in [0, 0.1) is 28.6 Å². The number of carbonyl (C=O) groups is 3. The van der Waals surface area contributed by atoms with Crippen molar-refractivity contribution in [2.75, 3.05) is 14.2 Å². The molecule has 2 spiro atoms. The van der Waals surface area contributed by atoms with Crippen molar-refractivity contribution >= 4 is 17.7 Å². The van der Waals surface area contributed by atoms with Crippen molar-refractivity contribution in [1.82, 2.24) is 0 Å². The molecule has 7 aliphatic rings. The summed E-state index contributed by atoms with van der Waals surface area (Å²) in [6, 6.07) is 8.86. The van der Waals surface area contributed by atoms with E-state index in [1.807, 2.05) is 19.9 Å². The first-order valence-electron chi connectivity index (χ1n) is 21.2. The predicted molar refractivity (Wildman–Crippen MR) is 204 cm³/mol. The SMILES string of the molecule is CO[C@H]1[C@@H](O)[C@H](O[C@@H]2[C@@H](C)O[C@@H](O[C@H]3CC[C@@]4(C)[C@@H](CC[C@@]56O[C@@]57CC[C@@H](C(C)=O)[C@@]7(C)[C@H](OC(C)=O)[C@@H](OC(=O)c5ccccc5)[C@H]46)C3)C[C@H]2OC)O[C@H](C)[C@H]1O. The maximum Gasteiger partial charge on any atom is 0.338 e. The van der Waals surface area contributed by atoms with E-state index in [9.17, 15) is 24.6 Å². The Balaban J connectivity index is 1.02. The number of carbonyl (C=O) groups excluding carboxylic acids is 3. The van der Waals surface area contributed by atoms with E-state index >= 15 is 0 Å². The van der Waals surface area contributed by atoms with Gasteiger partial charge in [-0.2, -0.15) is 0 Å². The number of benzene rings is 1. The molecule has 0 radical (unpaired) electrons. The zero-order valence-electron chi connectivity index (χ0n) is 35.0. The number of ketones is 1. The minimum atomic E-state index is -1.22. The lowest BCUT2D eigenvalue weighted by atomic mass is 9.43. The average molecular weight is 815 g/mol. The fourth-order valence-corrected chi connectivity index (χ4v) is 13.1. The third kappa shape index (κ3) is 6.42. The summed E-state index contributed by atoms with van der Waals surface area (Å²) in [6.45, 7) is 10.9. The number of Topliss-reactive ketones (excluding diaryl/α,β-unsaturated/α-hetero) is 1. The number of rotatable bonds is 10. The number of fused-ring (bicyclic) bond motifs is 2. The van der Waals surface area contributed by atoms with E-state index in [1.54, 1.807) is 45.2 Å². The first-order valence-corrected chi connectivity index (χ1v) is 21.2. The largest absolute Gasteiger partial charge is 0.458 e. The van der Waals surface area contributed by atoms with E-state index in [-0.39, 0.29) is 29.1 Å². The van der Waals surface area contributed by atoms with E-state index in [1.165, 1.54) is 14.0 Å². The van der Waals surface area contributed by atoms with E-state index in [0.717, 1.165) is 25.7 Å². The first kappa shape index (κ1) is 42.2. The van der Waals surface area contributed by atoms with Gasteiger partial charge in [0.15, 0.2) is 12.6 Å². The van der Waals surface area contributed by atoms with E-state index < -0.39 is 102 Å². The van der Waals surface area contributed by atoms with Crippen LogP contribution in [0.25, 0.3) is 0 Å². The van der Waals surface area contributed by atoms with Gasteiger partial charge in [0.05, 0.1) is 30.0 Å². The molecule has 1 aromatic rings. The highest BCUT2D eigenvalue weighted by atomic mass is 16.7. The smallest absolute Gasteiger partial charge is 0.338 e. The summed E-state index contributed by atoms with van der Waals surface area (Å²) in [5, 5.41) is 21.4.